The van der Waals surface area contributed by atoms with Gasteiger partial charge in [0.05, 0.1) is 36.3 Å². The molecule has 3 aromatic rings. The second-order valence-electron chi connectivity index (χ2n) is 7.37. The molecular weight excluding hydrogens is 398 g/mol. The minimum Gasteiger partial charge on any atom is -0.465 e. The predicted octanol–water partition coefficient (Wildman–Crippen LogP) is 3.33. The summed E-state index contributed by atoms with van der Waals surface area (Å²) in [4.78, 5) is 40.1. The molecule has 0 aliphatic carbocycles. The molecule has 1 aromatic heterocycles. The summed E-state index contributed by atoms with van der Waals surface area (Å²) in [6.07, 6.45) is 0.782. The third-order valence-corrected chi connectivity index (χ3v) is 5.62. The van der Waals surface area contributed by atoms with Crippen molar-refractivity contribution in [3.63, 3.8) is 0 Å². The Bertz CT molecular complexity index is 1210. The minimum atomic E-state index is -0.629. The number of carbonyl (C=O) groups excluding carboxylic acids is 2. The molecule has 0 fully saturated rings. The number of benzene rings is 2. The Morgan fingerprint density at radius 1 is 1.10 bits per heavy atom. The van der Waals surface area contributed by atoms with Gasteiger partial charge in [-0.2, -0.15) is 0 Å². The van der Waals surface area contributed by atoms with E-state index in [1.54, 1.807) is 42.3 Å². The maximum Gasteiger partial charge on any atom is 0.337 e. The third kappa shape index (κ3) is 3.51. The average molecular weight is 421 g/mol. The Morgan fingerprint density at radius 3 is 2.48 bits per heavy atom. The summed E-state index contributed by atoms with van der Waals surface area (Å²) < 4.78 is 15.9. The zero-order chi connectivity index (χ0) is 22.1. The number of methoxy groups -OCH3 is 2. The highest BCUT2D eigenvalue weighted by atomic mass is 16.5. The van der Waals surface area contributed by atoms with E-state index in [1.807, 2.05) is 19.1 Å². The highest BCUT2D eigenvalue weighted by Crippen LogP contribution is 2.38. The summed E-state index contributed by atoms with van der Waals surface area (Å²) in [5.74, 6) is -0.754. The molecule has 0 radical (unpaired) electrons. The number of nitrogens with zero attached hydrogens (tertiary/aromatic N) is 1. The van der Waals surface area contributed by atoms with Crippen LogP contribution in [0.15, 0.2) is 51.7 Å². The van der Waals surface area contributed by atoms with Crippen molar-refractivity contribution < 1.29 is 23.5 Å². The van der Waals surface area contributed by atoms with Crippen molar-refractivity contribution in [1.82, 2.24) is 4.90 Å². The van der Waals surface area contributed by atoms with Crippen LogP contribution in [0.25, 0.3) is 11.0 Å². The SMILES string of the molecule is CCc1ccc2oc3c(c(=O)c2c1)C(c1ccc(C(=O)OC)cc1)N(CCOC)C3=O. The molecule has 1 amide bonds. The average Bonchev–Trinajstić information content (AvgIpc) is 3.08. The maximum absolute atomic E-state index is 13.5. The van der Waals surface area contributed by atoms with Crippen molar-refractivity contribution in [2.24, 2.45) is 0 Å². The third-order valence-electron chi connectivity index (χ3n) is 5.62. The van der Waals surface area contributed by atoms with Crippen LogP contribution in [-0.4, -0.2) is 44.1 Å². The van der Waals surface area contributed by atoms with Crippen molar-refractivity contribution in [3.05, 3.63) is 80.7 Å². The van der Waals surface area contributed by atoms with Gasteiger partial charge in [-0.15, -0.1) is 0 Å². The zero-order valence-electron chi connectivity index (χ0n) is 17.6. The lowest BCUT2D eigenvalue weighted by Crippen LogP contribution is -2.32. The summed E-state index contributed by atoms with van der Waals surface area (Å²) in [6.45, 7) is 2.61. The smallest absolute Gasteiger partial charge is 0.337 e. The van der Waals surface area contributed by atoms with Crippen LogP contribution >= 0.6 is 0 Å². The van der Waals surface area contributed by atoms with Gasteiger partial charge in [-0.3, -0.25) is 9.59 Å². The molecule has 7 heteroatoms. The van der Waals surface area contributed by atoms with E-state index in [0.717, 1.165) is 12.0 Å². The number of rotatable bonds is 6. The number of fused-ring (bicyclic) bond motifs is 2. The molecular formula is C24H23NO6. The summed E-state index contributed by atoms with van der Waals surface area (Å²) in [5, 5.41) is 0.454. The molecule has 0 bridgehead atoms. The van der Waals surface area contributed by atoms with Crippen molar-refractivity contribution >= 4 is 22.8 Å². The van der Waals surface area contributed by atoms with Gasteiger partial charge in [-0.05, 0) is 41.8 Å². The van der Waals surface area contributed by atoms with Crippen LogP contribution in [0.3, 0.4) is 0 Å². The molecule has 1 atom stereocenters. The van der Waals surface area contributed by atoms with Crippen molar-refractivity contribution in [3.8, 4) is 0 Å². The van der Waals surface area contributed by atoms with Gasteiger partial charge >= 0.3 is 5.97 Å². The molecule has 31 heavy (non-hydrogen) atoms. The van der Waals surface area contributed by atoms with Gasteiger partial charge in [0.2, 0.25) is 5.76 Å². The van der Waals surface area contributed by atoms with Crippen LogP contribution in [0.2, 0.25) is 0 Å². The lowest BCUT2D eigenvalue weighted by Gasteiger charge is -2.24. The maximum atomic E-state index is 13.5. The van der Waals surface area contributed by atoms with E-state index in [1.165, 1.54) is 7.11 Å². The zero-order valence-corrected chi connectivity index (χ0v) is 17.6. The number of hydrogen-bond donors (Lipinski definition) is 0. The molecule has 1 unspecified atom stereocenters. The number of hydrogen-bond acceptors (Lipinski definition) is 6. The number of carbonyl (C=O) groups is 2. The Labute approximate surface area is 179 Å². The van der Waals surface area contributed by atoms with Gasteiger partial charge in [0.15, 0.2) is 5.43 Å². The first-order chi connectivity index (χ1) is 15.0. The normalized spacial score (nSPS) is 15.4. The van der Waals surface area contributed by atoms with Crippen molar-refractivity contribution in [2.75, 3.05) is 27.4 Å². The van der Waals surface area contributed by atoms with Gasteiger partial charge in [0, 0.05) is 13.7 Å². The fraction of sp³-hybridized carbons (Fsp3) is 0.292. The van der Waals surface area contributed by atoms with E-state index in [9.17, 15) is 14.4 Å². The van der Waals surface area contributed by atoms with Crippen molar-refractivity contribution in [2.45, 2.75) is 19.4 Å². The molecule has 0 N–H and O–H groups in total. The Balaban J connectivity index is 1.90. The summed E-state index contributed by atoms with van der Waals surface area (Å²) in [5.41, 5.74) is 2.59. The predicted molar refractivity (Wildman–Crippen MR) is 114 cm³/mol. The molecule has 0 saturated carbocycles. The molecule has 0 saturated heterocycles. The van der Waals surface area contributed by atoms with Gasteiger partial charge in [-0.25, -0.2) is 4.79 Å². The van der Waals surface area contributed by atoms with Crippen LogP contribution in [0.5, 0.6) is 0 Å². The second-order valence-corrected chi connectivity index (χ2v) is 7.37. The van der Waals surface area contributed by atoms with E-state index in [-0.39, 0.29) is 17.1 Å². The molecule has 1 aliphatic heterocycles. The van der Waals surface area contributed by atoms with E-state index in [2.05, 4.69) is 0 Å². The Morgan fingerprint density at radius 2 is 1.84 bits per heavy atom. The monoisotopic (exact) mass is 421 g/mol. The first-order valence-electron chi connectivity index (χ1n) is 10.1. The molecule has 7 nitrogen and oxygen atoms in total. The van der Waals surface area contributed by atoms with Crippen LogP contribution < -0.4 is 5.43 Å². The largest absolute Gasteiger partial charge is 0.465 e. The Hall–Kier alpha value is -3.45. The van der Waals surface area contributed by atoms with E-state index in [4.69, 9.17) is 13.9 Å². The summed E-state index contributed by atoms with van der Waals surface area (Å²) in [7, 11) is 2.87. The first kappa shape index (κ1) is 20.8. The molecule has 0 spiro atoms. The summed E-state index contributed by atoms with van der Waals surface area (Å²) in [6, 6.07) is 11.5. The van der Waals surface area contributed by atoms with Crippen LogP contribution in [0.4, 0.5) is 0 Å². The highest BCUT2D eigenvalue weighted by molar-refractivity contribution is 5.99. The topological polar surface area (TPSA) is 86.1 Å². The highest BCUT2D eigenvalue weighted by Gasteiger charge is 2.42. The fourth-order valence-electron chi connectivity index (χ4n) is 3.97. The van der Waals surface area contributed by atoms with E-state index in [0.29, 0.717) is 40.8 Å². The van der Waals surface area contributed by atoms with Crippen molar-refractivity contribution in [1.29, 1.82) is 0 Å². The number of esters is 1. The minimum absolute atomic E-state index is 0.0555. The second kappa shape index (κ2) is 8.35. The van der Waals surface area contributed by atoms with Gasteiger partial charge in [0.25, 0.3) is 5.91 Å². The fourth-order valence-corrected chi connectivity index (χ4v) is 3.97. The van der Waals surface area contributed by atoms with Crippen LogP contribution in [0.1, 0.15) is 50.6 Å². The molecule has 160 valence electrons. The lowest BCUT2D eigenvalue weighted by molar-refractivity contribution is 0.0599. The molecule has 1 aliphatic rings. The number of aryl methyl sites for hydroxylation is 1. The molecule has 2 aromatic carbocycles. The van der Waals surface area contributed by atoms with E-state index < -0.39 is 12.0 Å². The van der Waals surface area contributed by atoms with Crippen LogP contribution in [-0.2, 0) is 15.9 Å². The lowest BCUT2D eigenvalue weighted by atomic mass is 9.97. The molecule has 2 heterocycles. The first-order valence-corrected chi connectivity index (χ1v) is 10.1. The molecule has 4 rings (SSSR count). The van der Waals surface area contributed by atoms with Gasteiger partial charge in [0.1, 0.15) is 5.58 Å². The van der Waals surface area contributed by atoms with Gasteiger partial charge < -0.3 is 18.8 Å². The number of ether oxygens (including phenoxy) is 2. The summed E-state index contributed by atoms with van der Waals surface area (Å²) >= 11 is 0. The quantitative estimate of drug-likeness (QED) is 0.568. The van der Waals surface area contributed by atoms with Gasteiger partial charge in [-0.1, -0.05) is 25.1 Å². The van der Waals surface area contributed by atoms with E-state index >= 15 is 0 Å². The number of amides is 1. The standard InChI is InChI=1S/C24H23NO6/c1-4-14-5-10-18-17(13-14)21(26)19-20(15-6-8-16(9-7-15)24(28)30-3)25(11-12-29-2)23(27)22(19)31-18/h5-10,13,20H,4,11-12H2,1-3H3. The van der Waals surface area contributed by atoms with Crippen LogP contribution in [0, 0.1) is 0 Å². The Kier molecular flexibility index (Phi) is 5.61.